The van der Waals surface area contributed by atoms with E-state index in [9.17, 15) is 24.9 Å². The van der Waals surface area contributed by atoms with Crippen molar-refractivity contribution in [2.45, 2.75) is 38.7 Å². The van der Waals surface area contributed by atoms with Crippen molar-refractivity contribution in [2.24, 2.45) is 17.8 Å². The fourth-order valence-corrected chi connectivity index (χ4v) is 7.07. The van der Waals surface area contributed by atoms with Gasteiger partial charge < -0.3 is 25.4 Å². The summed E-state index contributed by atoms with van der Waals surface area (Å²) < 4.78 is 6.14. The van der Waals surface area contributed by atoms with E-state index < -0.39 is 30.5 Å². The first-order chi connectivity index (χ1) is 23.9. The summed E-state index contributed by atoms with van der Waals surface area (Å²) in [6, 6.07) is 33.3. The number of nitrogens with zero attached hydrogens (tertiary/aromatic N) is 1. The number of ether oxygens (including phenoxy) is 1. The molecule has 4 N–H and O–H groups in total. The fourth-order valence-electron chi connectivity index (χ4n) is 7.07. The van der Waals surface area contributed by atoms with Crippen LogP contribution in [0.2, 0.25) is 0 Å². The van der Waals surface area contributed by atoms with E-state index in [0.717, 1.165) is 28.9 Å². The number of allylic oxidation sites excluding steroid dienone is 1. The molecule has 1 aliphatic heterocycles. The molecule has 1 saturated heterocycles. The van der Waals surface area contributed by atoms with Gasteiger partial charge >= 0.3 is 0 Å². The van der Waals surface area contributed by atoms with E-state index >= 15 is 0 Å². The molecule has 4 aromatic carbocycles. The van der Waals surface area contributed by atoms with Crippen LogP contribution in [0, 0.1) is 17.8 Å². The molecular weight excluding hydrogens is 616 g/mol. The predicted octanol–water partition coefficient (Wildman–Crippen LogP) is 7.26. The Morgan fingerprint density at radius 2 is 1.55 bits per heavy atom. The van der Waals surface area contributed by atoms with Gasteiger partial charge in [0, 0.05) is 22.9 Å². The molecule has 4 atom stereocenters. The Morgan fingerprint density at radius 1 is 0.898 bits per heavy atom. The number of aliphatic hydroxyl groups excluding tert-OH is 2. The number of phenolic OH excluding ortho intramolecular Hbond substituents is 1. The maximum atomic E-state index is 14.1. The third kappa shape index (κ3) is 7.46. The van der Waals surface area contributed by atoms with Crippen LogP contribution in [0.25, 0.3) is 6.08 Å². The average molecular weight is 659 g/mol. The van der Waals surface area contributed by atoms with Gasteiger partial charge in [-0.25, -0.2) is 0 Å². The van der Waals surface area contributed by atoms with Crippen LogP contribution in [0.1, 0.15) is 38.2 Å². The minimum absolute atomic E-state index is 0.117. The van der Waals surface area contributed by atoms with Gasteiger partial charge in [0.2, 0.25) is 11.8 Å². The highest BCUT2D eigenvalue weighted by Gasteiger charge is 2.55. The molecule has 0 aromatic heterocycles. The first-order valence-corrected chi connectivity index (χ1v) is 16.8. The molecule has 2 amide bonds. The number of rotatable bonds is 13. The third-order valence-corrected chi connectivity index (χ3v) is 9.57. The lowest BCUT2D eigenvalue weighted by Gasteiger charge is -2.36. The van der Waals surface area contributed by atoms with Crippen LogP contribution in [-0.4, -0.2) is 46.5 Å². The van der Waals surface area contributed by atoms with Gasteiger partial charge in [-0.1, -0.05) is 73.2 Å². The minimum Gasteiger partial charge on any atom is -0.507 e. The number of aliphatic hydroxyl groups is 2. The maximum Gasteiger partial charge on any atom is 0.238 e. The molecule has 0 unspecified atom stereocenters. The van der Waals surface area contributed by atoms with Gasteiger partial charge in [-0.15, -0.1) is 0 Å². The Balaban J connectivity index is 1.26. The van der Waals surface area contributed by atoms with Gasteiger partial charge in [0.1, 0.15) is 18.1 Å². The van der Waals surface area contributed by atoms with Gasteiger partial charge in [0.25, 0.3) is 0 Å². The molecule has 252 valence electrons. The normalized spacial score (nSPS) is 19.9. The highest BCUT2D eigenvalue weighted by molar-refractivity contribution is 6.22. The standard InChI is InChI=1S/C41H42N2O6/c1-2-27(23-28-11-9-10-16-36(28)45)17-22-37(46)38-29(26-49-33-14-7-4-8-15-33)24-34-39(35(38)25-44)41(48)43(40(34)47)32-20-18-31(19-21-32)42-30-12-5-3-6-13-30/h3-16,18-21,23,34-35,37,39,42,44-46H,2,17,22,24-26H2,1H3/b27-23+/t34-,35+,37-,39-/m1/s1. The smallest absolute Gasteiger partial charge is 0.238 e. The number of nitrogens with one attached hydrogen (secondary N) is 1. The number of imide groups is 1. The summed E-state index contributed by atoms with van der Waals surface area (Å²) in [5.74, 6) is -2.12. The van der Waals surface area contributed by atoms with Gasteiger partial charge in [-0.3, -0.25) is 14.5 Å². The van der Waals surface area contributed by atoms with Crippen LogP contribution in [0.5, 0.6) is 11.5 Å². The second kappa shape index (κ2) is 15.4. The first kappa shape index (κ1) is 33.7. The zero-order chi connectivity index (χ0) is 34.3. The van der Waals surface area contributed by atoms with Crippen LogP contribution in [0.15, 0.2) is 126 Å². The van der Waals surface area contributed by atoms with E-state index in [2.05, 4.69) is 5.32 Å². The summed E-state index contributed by atoms with van der Waals surface area (Å²) in [5, 5.41) is 36.2. The van der Waals surface area contributed by atoms with Crippen LogP contribution in [-0.2, 0) is 9.59 Å². The molecule has 1 aliphatic carbocycles. The van der Waals surface area contributed by atoms with E-state index in [1.54, 1.807) is 24.3 Å². The molecular formula is C41H42N2O6. The maximum absolute atomic E-state index is 14.1. The number of fused-ring (bicyclic) bond motifs is 1. The number of anilines is 3. The Hall–Kier alpha value is -5.18. The van der Waals surface area contributed by atoms with Gasteiger partial charge in [0.15, 0.2) is 0 Å². The summed E-state index contributed by atoms with van der Waals surface area (Å²) in [6.45, 7) is 1.75. The summed E-state index contributed by atoms with van der Waals surface area (Å²) in [5.41, 5.74) is 5.25. The summed E-state index contributed by atoms with van der Waals surface area (Å²) in [7, 11) is 0. The van der Waals surface area contributed by atoms with Crippen molar-refractivity contribution in [1.29, 1.82) is 0 Å². The van der Waals surface area contributed by atoms with E-state index in [4.69, 9.17) is 4.74 Å². The number of benzene rings is 4. The Morgan fingerprint density at radius 3 is 2.22 bits per heavy atom. The Labute approximate surface area is 287 Å². The SMILES string of the molecule is CC/C(=C\c1ccccc1O)CC[C@@H](O)C1=C(COc2ccccc2)C[C@H]2C(=O)N(c3ccc(Nc4ccccc4)cc3)C(=O)[C@H]2[C@H]1CO. The highest BCUT2D eigenvalue weighted by atomic mass is 16.5. The minimum atomic E-state index is -0.980. The number of para-hydroxylation sites is 3. The quantitative estimate of drug-likeness (QED) is 0.0882. The van der Waals surface area contributed by atoms with E-state index in [-0.39, 0.29) is 30.6 Å². The summed E-state index contributed by atoms with van der Waals surface area (Å²) in [6.07, 6.45) is 2.80. The third-order valence-electron chi connectivity index (χ3n) is 9.57. The summed E-state index contributed by atoms with van der Waals surface area (Å²) >= 11 is 0. The number of amides is 2. The van der Waals surface area contributed by atoms with Crippen molar-refractivity contribution in [2.75, 3.05) is 23.4 Å². The lowest BCUT2D eigenvalue weighted by molar-refractivity contribution is -0.123. The number of phenols is 1. The molecule has 49 heavy (non-hydrogen) atoms. The predicted molar refractivity (Wildman–Crippen MR) is 191 cm³/mol. The van der Waals surface area contributed by atoms with Gasteiger partial charge in [-0.05, 0) is 91.4 Å². The zero-order valence-electron chi connectivity index (χ0n) is 27.5. The van der Waals surface area contributed by atoms with Crippen molar-refractivity contribution in [3.63, 3.8) is 0 Å². The summed E-state index contributed by atoms with van der Waals surface area (Å²) in [4.78, 5) is 29.3. The number of aromatic hydroxyl groups is 1. The average Bonchev–Trinajstić information content (AvgIpc) is 3.38. The molecule has 8 nitrogen and oxygen atoms in total. The molecule has 0 bridgehead atoms. The second-order valence-corrected chi connectivity index (χ2v) is 12.6. The molecule has 8 heteroatoms. The van der Waals surface area contributed by atoms with Crippen molar-refractivity contribution >= 4 is 35.0 Å². The lowest BCUT2D eigenvalue weighted by Crippen LogP contribution is -2.40. The fraction of sp³-hybridized carbons (Fsp3) is 0.268. The first-order valence-electron chi connectivity index (χ1n) is 16.8. The van der Waals surface area contributed by atoms with E-state index in [1.807, 2.05) is 97.9 Å². The molecule has 1 heterocycles. The largest absolute Gasteiger partial charge is 0.507 e. The lowest BCUT2D eigenvalue weighted by atomic mass is 9.68. The molecule has 6 rings (SSSR count). The number of hydrogen-bond donors (Lipinski definition) is 4. The van der Waals surface area contributed by atoms with Crippen molar-refractivity contribution in [3.05, 3.63) is 131 Å². The highest BCUT2D eigenvalue weighted by Crippen LogP contribution is 2.47. The van der Waals surface area contributed by atoms with Gasteiger partial charge in [0.05, 0.1) is 30.2 Å². The monoisotopic (exact) mass is 658 g/mol. The van der Waals surface area contributed by atoms with Gasteiger partial charge in [-0.2, -0.15) is 0 Å². The topological polar surface area (TPSA) is 119 Å². The Bertz CT molecular complexity index is 1820. The molecule has 1 fully saturated rings. The number of carbonyl (C=O) groups is 2. The van der Waals surface area contributed by atoms with Crippen LogP contribution in [0.4, 0.5) is 17.1 Å². The molecule has 0 spiro atoms. The molecule has 4 aromatic rings. The van der Waals surface area contributed by atoms with Crippen molar-refractivity contribution < 1.29 is 29.6 Å². The molecule has 0 saturated carbocycles. The second-order valence-electron chi connectivity index (χ2n) is 12.6. The molecule has 2 aliphatic rings. The Kier molecular flexibility index (Phi) is 10.6. The molecule has 0 radical (unpaired) electrons. The van der Waals surface area contributed by atoms with Crippen molar-refractivity contribution in [1.82, 2.24) is 0 Å². The van der Waals surface area contributed by atoms with Crippen LogP contribution < -0.4 is 15.0 Å². The van der Waals surface area contributed by atoms with E-state index in [1.165, 1.54) is 4.90 Å². The van der Waals surface area contributed by atoms with Crippen molar-refractivity contribution in [3.8, 4) is 11.5 Å². The van der Waals surface area contributed by atoms with Crippen LogP contribution in [0.3, 0.4) is 0 Å². The van der Waals surface area contributed by atoms with E-state index in [0.29, 0.717) is 35.4 Å². The van der Waals surface area contributed by atoms with Crippen LogP contribution >= 0.6 is 0 Å². The zero-order valence-corrected chi connectivity index (χ0v) is 27.5. The number of hydrogen-bond acceptors (Lipinski definition) is 7. The number of carbonyl (C=O) groups excluding carboxylic acids is 2.